The third-order valence-corrected chi connectivity index (χ3v) is 1.96. The summed E-state index contributed by atoms with van der Waals surface area (Å²) in [5.74, 6) is 1.09. The molecule has 15 heavy (non-hydrogen) atoms. The van der Waals surface area contributed by atoms with Crippen molar-refractivity contribution in [3.05, 3.63) is 18.2 Å². The van der Waals surface area contributed by atoms with Crippen LogP contribution in [0.4, 0.5) is 0 Å². The molecular weight excluding hydrogens is 192 g/mol. The summed E-state index contributed by atoms with van der Waals surface area (Å²) in [5.41, 5.74) is 5.12. The zero-order valence-corrected chi connectivity index (χ0v) is 9.23. The quantitative estimate of drug-likeness (QED) is 0.700. The number of nitrogens with one attached hydrogen (secondary N) is 1. The second-order valence-electron chi connectivity index (χ2n) is 3.96. The van der Waals surface area contributed by atoms with Gasteiger partial charge in [0.2, 0.25) is 5.91 Å². The number of nitrogens with zero attached hydrogens (tertiary/aromatic N) is 2. The summed E-state index contributed by atoms with van der Waals surface area (Å²) in [7, 11) is 0. The highest BCUT2D eigenvalue weighted by Gasteiger charge is 2.04. The largest absolute Gasteiger partial charge is 0.368 e. The van der Waals surface area contributed by atoms with Crippen LogP contribution in [0.15, 0.2) is 12.4 Å². The lowest BCUT2D eigenvalue weighted by atomic mass is 10.2. The zero-order chi connectivity index (χ0) is 11.3. The third-order valence-electron chi connectivity index (χ3n) is 1.96. The maximum absolute atomic E-state index is 10.8. The van der Waals surface area contributed by atoms with Gasteiger partial charge in [-0.05, 0) is 12.5 Å². The van der Waals surface area contributed by atoms with Crippen LogP contribution >= 0.6 is 0 Å². The minimum absolute atomic E-state index is 0.193. The molecule has 0 atom stereocenters. The number of carbonyl (C=O) groups is 1. The Morgan fingerprint density at radius 3 is 3.00 bits per heavy atom. The Bertz CT molecular complexity index is 319. The molecule has 0 spiro atoms. The van der Waals surface area contributed by atoms with Gasteiger partial charge < -0.3 is 15.6 Å². The first kappa shape index (κ1) is 11.7. The Morgan fingerprint density at radius 2 is 2.40 bits per heavy atom. The van der Waals surface area contributed by atoms with Crippen molar-refractivity contribution in [2.75, 3.05) is 6.54 Å². The molecule has 1 aromatic heterocycles. The van der Waals surface area contributed by atoms with E-state index in [9.17, 15) is 4.79 Å². The zero-order valence-electron chi connectivity index (χ0n) is 9.23. The van der Waals surface area contributed by atoms with E-state index in [1.165, 1.54) is 0 Å². The average Bonchev–Trinajstić information content (AvgIpc) is 2.51. The van der Waals surface area contributed by atoms with E-state index in [-0.39, 0.29) is 12.5 Å². The number of hydrogen-bond donors (Lipinski definition) is 2. The highest BCUT2D eigenvalue weighted by Crippen LogP contribution is 1.97. The molecule has 1 aromatic rings. The Hall–Kier alpha value is -1.36. The van der Waals surface area contributed by atoms with Gasteiger partial charge in [0, 0.05) is 12.4 Å². The third kappa shape index (κ3) is 4.12. The summed E-state index contributed by atoms with van der Waals surface area (Å²) in [5, 5.41) is 3.27. The van der Waals surface area contributed by atoms with Crippen molar-refractivity contribution in [1.82, 2.24) is 14.9 Å². The molecule has 84 valence electrons. The number of imidazole rings is 1. The predicted molar refractivity (Wildman–Crippen MR) is 58.0 cm³/mol. The van der Waals surface area contributed by atoms with E-state index in [1.54, 1.807) is 17.0 Å². The smallest absolute Gasteiger partial charge is 0.237 e. The molecule has 0 bridgehead atoms. The molecule has 5 nitrogen and oxygen atoms in total. The van der Waals surface area contributed by atoms with Crippen molar-refractivity contribution in [2.24, 2.45) is 11.7 Å². The van der Waals surface area contributed by atoms with Gasteiger partial charge in [-0.25, -0.2) is 4.98 Å². The molecule has 0 radical (unpaired) electrons. The fourth-order valence-corrected chi connectivity index (χ4v) is 1.29. The first-order valence-corrected chi connectivity index (χ1v) is 5.08. The molecule has 0 aliphatic heterocycles. The standard InChI is InChI=1S/C10H18N4O/c1-8(2)5-12-6-10-13-3-4-14(10)7-9(11)15/h3-4,8,12H,5-7H2,1-2H3,(H2,11,15). The van der Waals surface area contributed by atoms with Crippen molar-refractivity contribution < 1.29 is 4.79 Å². The first-order chi connectivity index (χ1) is 7.09. The molecule has 0 fully saturated rings. The number of carbonyl (C=O) groups excluding carboxylic acids is 1. The molecule has 0 aliphatic rings. The van der Waals surface area contributed by atoms with Crippen LogP contribution in [-0.4, -0.2) is 22.0 Å². The molecule has 3 N–H and O–H groups in total. The van der Waals surface area contributed by atoms with E-state index < -0.39 is 0 Å². The first-order valence-electron chi connectivity index (χ1n) is 5.08. The normalized spacial score (nSPS) is 10.9. The van der Waals surface area contributed by atoms with Crippen LogP contribution in [0.5, 0.6) is 0 Å². The van der Waals surface area contributed by atoms with Crippen LogP contribution in [0, 0.1) is 5.92 Å². The monoisotopic (exact) mass is 210 g/mol. The van der Waals surface area contributed by atoms with Crippen LogP contribution in [0.2, 0.25) is 0 Å². The van der Waals surface area contributed by atoms with Gasteiger partial charge in [-0.15, -0.1) is 0 Å². The summed E-state index contributed by atoms with van der Waals surface area (Å²) >= 11 is 0. The van der Waals surface area contributed by atoms with Crippen molar-refractivity contribution in [3.8, 4) is 0 Å². The number of aromatic nitrogens is 2. The van der Waals surface area contributed by atoms with Crippen molar-refractivity contribution in [3.63, 3.8) is 0 Å². The lowest BCUT2D eigenvalue weighted by molar-refractivity contribution is -0.118. The van der Waals surface area contributed by atoms with Gasteiger partial charge in [0.15, 0.2) is 0 Å². The number of rotatable bonds is 6. The van der Waals surface area contributed by atoms with Crippen LogP contribution in [0.3, 0.4) is 0 Å². The van der Waals surface area contributed by atoms with E-state index in [0.29, 0.717) is 12.5 Å². The van der Waals surface area contributed by atoms with Gasteiger partial charge >= 0.3 is 0 Å². The average molecular weight is 210 g/mol. The second-order valence-corrected chi connectivity index (χ2v) is 3.96. The molecule has 0 aromatic carbocycles. The summed E-state index contributed by atoms with van der Waals surface area (Å²) < 4.78 is 1.76. The van der Waals surface area contributed by atoms with Crippen LogP contribution in [-0.2, 0) is 17.9 Å². The molecular formula is C10H18N4O. The van der Waals surface area contributed by atoms with Crippen LogP contribution in [0.1, 0.15) is 19.7 Å². The van der Waals surface area contributed by atoms with Gasteiger partial charge in [-0.2, -0.15) is 0 Å². The van der Waals surface area contributed by atoms with E-state index in [2.05, 4.69) is 24.1 Å². The van der Waals surface area contributed by atoms with Crippen LogP contribution in [0.25, 0.3) is 0 Å². The second kappa shape index (κ2) is 5.50. The molecule has 1 amide bonds. The van der Waals surface area contributed by atoms with E-state index >= 15 is 0 Å². The molecule has 5 heteroatoms. The predicted octanol–water partition coefficient (Wildman–Crippen LogP) is 0.114. The Balaban J connectivity index is 2.46. The lowest BCUT2D eigenvalue weighted by Gasteiger charge is -2.08. The minimum Gasteiger partial charge on any atom is -0.368 e. The molecule has 0 saturated heterocycles. The number of nitrogens with two attached hydrogens (primary N) is 1. The molecule has 0 saturated carbocycles. The Labute approximate surface area is 89.7 Å². The van der Waals surface area contributed by atoms with Gasteiger partial charge in [-0.1, -0.05) is 13.8 Å². The van der Waals surface area contributed by atoms with E-state index in [4.69, 9.17) is 5.73 Å². The number of primary amides is 1. The summed E-state index contributed by atoms with van der Waals surface area (Å²) in [4.78, 5) is 14.9. The topological polar surface area (TPSA) is 72.9 Å². The van der Waals surface area contributed by atoms with E-state index in [1.807, 2.05) is 0 Å². The molecule has 1 heterocycles. The maximum Gasteiger partial charge on any atom is 0.237 e. The highest BCUT2D eigenvalue weighted by molar-refractivity contribution is 5.73. The molecule has 1 rings (SSSR count). The number of hydrogen-bond acceptors (Lipinski definition) is 3. The lowest BCUT2D eigenvalue weighted by Crippen LogP contribution is -2.24. The summed E-state index contributed by atoms with van der Waals surface area (Å²) in [6, 6.07) is 0. The Kier molecular flexibility index (Phi) is 4.30. The minimum atomic E-state index is -0.349. The summed E-state index contributed by atoms with van der Waals surface area (Å²) in [6.07, 6.45) is 3.44. The van der Waals surface area contributed by atoms with Crippen molar-refractivity contribution in [1.29, 1.82) is 0 Å². The van der Waals surface area contributed by atoms with Crippen molar-refractivity contribution >= 4 is 5.91 Å². The molecule has 0 unspecified atom stereocenters. The van der Waals surface area contributed by atoms with Gasteiger partial charge in [0.1, 0.15) is 12.4 Å². The van der Waals surface area contributed by atoms with E-state index in [0.717, 1.165) is 12.4 Å². The maximum atomic E-state index is 10.8. The fourth-order valence-electron chi connectivity index (χ4n) is 1.29. The summed E-state index contributed by atoms with van der Waals surface area (Å²) in [6.45, 7) is 6.08. The van der Waals surface area contributed by atoms with Crippen LogP contribution < -0.4 is 11.1 Å². The number of amides is 1. The Morgan fingerprint density at radius 1 is 1.67 bits per heavy atom. The van der Waals surface area contributed by atoms with Gasteiger partial charge in [0.05, 0.1) is 6.54 Å². The fraction of sp³-hybridized carbons (Fsp3) is 0.600. The van der Waals surface area contributed by atoms with Gasteiger partial charge in [-0.3, -0.25) is 4.79 Å². The van der Waals surface area contributed by atoms with Crippen molar-refractivity contribution in [2.45, 2.75) is 26.9 Å². The molecule has 0 aliphatic carbocycles. The SMILES string of the molecule is CC(C)CNCc1nccn1CC(N)=O. The highest BCUT2D eigenvalue weighted by atomic mass is 16.1. The van der Waals surface area contributed by atoms with Gasteiger partial charge in [0.25, 0.3) is 0 Å².